The van der Waals surface area contributed by atoms with E-state index in [1.165, 1.54) is 16.0 Å². The zero-order valence-electron chi connectivity index (χ0n) is 15.2. The minimum Gasteiger partial charge on any atom is -0.338 e. The van der Waals surface area contributed by atoms with E-state index in [9.17, 15) is 4.79 Å². The molecule has 3 heteroatoms. The molecule has 1 fully saturated rings. The van der Waals surface area contributed by atoms with E-state index in [-0.39, 0.29) is 0 Å². The predicted molar refractivity (Wildman–Crippen MR) is 101 cm³/mol. The van der Waals surface area contributed by atoms with Gasteiger partial charge in [-0.1, -0.05) is 60.7 Å². The molecule has 1 amide bonds. The number of hydrogen-bond donors (Lipinski definition) is 1. The molecule has 25 heavy (non-hydrogen) atoms. The van der Waals surface area contributed by atoms with Crippen molar-refractivity contribution in [1.82, 2.24) is 4.90 Å². The van der Waals surface area contributed by atoms with Crippen molar-refractivity contribution in [3.05, 3.63) is 71.8 Å². The van der Waals surface area contributed by atoms with E-state index in [0.717, 1.165) is 38.9 Å². The zero-order chi connectivity index (χ0) is 17.5. The summed E-state index contributed by atoms with van der Waals surface area (Å²) in [6.45, 7) is 3.30. The molecule has 0 saturated carbocycles. The van der Waals surface area contributed by atoms with Gasteiger partial charge in [-0.3, -0.25) is 4.79 Å². The van der Waals surface area contributed by atoms with Crippen molar-refractivity contribution in [2.45, 2.75) is 25.8 Å². The Morgan fingerprint density at radius 2 is 1.52 bits per heavy atom. The van der Waals surface area contributed by atoms with Crippen molar-refractivity contribution in [2.75, 3.05) is 26.7 Å². The molecule has 3 rings (SSSR count). The van der Waals surface area contributed by atoms with E-state index in [4.69, 9.17) is 0 Å². The molecule has 1 aliphatic heterocycles. The standard InChI is InChI=1S/C22H28N2O/c1-23(17-21-10-6-3-7-11-21)18-22(25)24-14-12-20(13-15-24)16-19-8-4-2-5-9-19/h2-11,20H,12-18H2,1H3/p+1. The quantitative estimate of drug-likeness (QED) is 0.859. The van der Waals surface area contributed by atoms with Crippen LogP contribution in [0.2, 0.25) is 0 Å². The normalized spacial score (nSPS) is 16.6. The van der Waals surface area contributed by atoms with Gasteiger partial charge in [-0.25, -0.2) is 0 Å². The highest BCUT2D eigenvalue weighted by Gasteiger charge is 2.24. The summed E-state index contributed by atoms with van der Waals surface area (Å²) >= 11 is 0. The van der Waals surface area contributed by atoms with E-state index >= 15 is 0 Å². The fraction of sp³-hybridized carbons (Fsp3) is 0.409. The lowest BCUT2D eigenvalue weighted by atomic mass is 9.90. The van der Waals surface area contributed by atoms with Gasteiger partial charge in [0.2, 0.25) is 0 Å². The highest BCUT2D eigenvalue weighted by atomic mass is 16.2. The summed E-state index contributed by atoms with van der Waals surface area (Å²) in [4.78, 5) is 15.9. The lowest BCUT2D eigenvalue weighted by Gasteiger charge is -2.32. The number of nitrogens with one attached hydrogen (secondary N) is 1. The van der Waals surface area contributed by atoms with Crippen molar-refractivity contribution in [3.8, 4) is 0 Å². The third kappa shape index (κ3) is 5.43. The number of hydrogen-bond acceptors (Lipinski definition) is 1. The van der Waals surface area contributed by atoms with Crippen LogP contribution in [0.25, 0.3) is 0 Å². The lowest BCUT2D eigenvalue weighted by molar-refractivity contribution is -0.885. The van der Waals surface area contributed by atoms with Crippen LogP contribution in [0.1, 0.15) is 24.0 Å². The molecule has 2 aromatic carbocycles. The first-order valence-corrected chi connectivity index (χ1v) is 9.37. The first kappa shape index (κ1) is 17.7. The second kappa shape index (κ2) is 8.82. The van der Waals surface area contributed by atoms with Gasteiger partial charge in [0.1, 0.15) is 6.54 Å². The maximum Gasteiger partial charge on any atom is 0.277 e. The maximum absolute atomic E-state index is 12.6. The Labute approximate surface area is 151 Å². The van der Waals surface area contributed by atoms with Crippen LogP contribution in [-0.4, -0.2) is 37.5 Å². The first-order valence-electron chi connectivity index (χ1n) is 9.37. The van der Waals surface area contributed by atoms with Gasteiger partial charge in [-0.05, 0) is 30.7 Å². The highest BCUT2D eigenvalue weighted by Crippen LogP contribution is 2.21. The zero-order valence-corrected chi connectivity index (χ0v) is 15.2. The van der Waals surface area contributed by atoms with Crippen LogP contribution in [0.4, 0.5) is 0 Å². The Hall–Kier alpha value is -2.13. The molecule has 1 unspecified atom stereocenters. The fourth-order valence-electron chi connectivity index (χ4n) is 3.71. The third-order valence-electron chi connectivity index (χ3n) is 5.14. The minimum atomic E-state index is 0.298. The van der Waals surface area contributed by atoms with Crippen LogP contribution < -0.4 is 4.90 Å². The molecule has 0 spiro atoms. The summed E-state index contributed by atoms with van der Waals surface area (Å²) in [5.74, 6) is 1.01. The average Bonchev–Trinajstić information content (AvgIpc) is 2.64. The summed E-state index contributed by atoms with van der Waals surface area (Å²) < 4.78 is 0. The van der Waals surface area contributed by atoms with Gasteiger partial charge in [0.05, 0.1) is 7.05 Å². The highest BCUT2D eigenvalue weighted by molar-refractivity contribution is 5.77. The number of carbonyl (C=O) groups excluding carboxylic acids is 1. The Balaban J connectivity index is 1.42. The molecule has 0 radical (unpaired) electrons. The summed E-state index contributed by atoms with van der Waals surface area (Å²) in [7, 11) is 2.10. The molecule has 1 saturated heterocycles. The maximum atomic E-state index is 12.6. The smallest absolute Gasteiger partial charge is 0.277 e. The molecule has 2 aromatic rings. The van der Waals surface area contributed by atoms with E-state index in [0.29, 0.717) is 18.4 Å². The summed E-state index contributed by atoms with van der Waals surface area (Å²) in [5, 5.41) is 0. The van der Waals surface area contributed by atoms with Crippen molar-refractivity contribution in [1.29, 1.82) is 0 Å². The summed E-state index contributed by atoms with van der Waals surface area (Å²) in [6, 6.07) is 21.1. The molecular formula is C22H29N2O+. The molecule has 0 aliphatic carbocycles. The van der Waals surface area contributed by atoms with Gasteiger partial charge in [-0.15, -0.1) is 0 Å². The van der Waals surface area contributed by atoms with Crippen molar-refractivity contribution < 1.29 is 9.69 Å². The first-order chi connectivity index (χ1) is 12.2. The van der Waals surface area contributed by atoms with Gasteiger partial charge in [0, 0.05) is 18.7 Å². The number of likely N-dealkylation sites (tertiary alicyclic amines) is 1. The second-order valence-corrected chi connectivity index (χ2v) is 7.31. The number of carbonyl (C=O) groups is 1. The summed E-state index contributed by atoms with van der Waals surface area (Å²) in [6.07, 6.45) is 3.39. The predicted octanol–water partition coefficient (Wildman–Crippen LogP) is 2.18. The van der Waals surface area contributed by atoms with Crippen LogP contribution >= 0.6 is 0 Å². The molecular weight excluding hydrogens is 308 g/mol. The number of quaternary nitrogens is 1. The number of benzene rings is 2. The van der Waals surface area contributed by atoms with E-state index < -0.39 is 0 Å². The van der Waals surface area contributed by atoms with Crippen molar-refractivity contribution in [2.24, 2.45) is 5.92 Å². The Bertz CT molecular complexity index is 648. The van der Waals surface area contributed by atoms with Gasteiger partial charge in [0.15, 0.2) is 6.54 Å². The van der Waals surface area contributed by atoms with E-state index in [2.05, 4.69) is 66.5 Å². The molecule has 0 bridgehead atoms. The van der Waals surface area contributed by atoms with E-state index in [1.807, 2.05) is 6.07 Å². The second-order valence-electron chi connectivity index (χ2n) is 7.31. The topological polar surface area (TPSA) is 24.8 Å². The Morgan fingerprint density at radius 3 is 2.12 bits per heavy atom. The van der Waals surface area contributed by atoms with Crippen LogP contribution in [0, 0.1) is 5.92 Å². The molecule has 132 valence electrons. The molecule has 3 nitrogen and oxygen atoms in total. The number of likely N-dealkylation sites (N-methyl/N-ethyl adjacent to an activating group) is 1. The lowest BCUT2D eigenvalue weighted by Crippen LogP contribution is -3.08. The fourth-order valence-corrected chi connectivity index (χ4v) is 3.71. The van der Waals surface area contributed by atoms with Crippen molar-refractivity contribution >= 4 is 5.91 Å². The van der Waals surface area contributed by atoms with Crippen LogP contribution in [-0.2, 0) is 17.8 Å². The number of amides is 1. The number of rotatable bonds is 6. The molecule has 1 N–H and O–H groups in total. The van der Waals surface area contributed by atoms with Crippen LogP contribution in [0.5, 0.6) is 0 Å². The Morgan fingerprint density at radius 1 is 0.960 bits per heavy atom. The van der Waals surface area contributed by atoms with Crippen LogP contribution in [0.15, 0.2) is 60.7 Å². The number of nitrogens with zero attached hydrogens (tertiary/aromatic N) is 1. The van der Waals surface area contributed by atoms with Crippen LogP contribution in [0.3, 0.4) is 0 Å². The SMILES string of the molecule is C[NH+](CC(=O)N1CCC(Cc2ccccc2)CC1)Cc1ccccc1. The van der Waals surface area contributed by atoms with Gasteiger partial charge in [0.25, 0.3) is 5.91 Å². The van der Waals surface area contributed by atoms with E-state index in [1.54, 1.807) is 0 Å². The average molecular weight is 337 g/mol. The monoisotopic (exact) mass is 337 g/mol. The van der Waals surface area contributed by atoms with Gasteiger partial charge < -0.3 is 9.80 Å². The molecule has 1 heterocycles. The molecule has 1 aliphatic rings. The van der Waals surface area contributed by atoms with Gasteiger partial charge >= 0.3 is 0 Å². The largest absolute Gasteiger partial charge is 0.338 e. The van der Waals surface area contributed by atoms with Crippen molar-refractivity contribution in [3.63, 3.8) is 0 Å². The third-order valence-corrected chi connectivity index (χ3v) is 5.14. The summed E-state index contributed by atoms with van der Waals surface area (Å²) in [5.41, 5.74) is 2.70. The number of piperidine rings is 1. The molecule has 0 aromatic heterocycles. The minimum absolute atomic E-state index is 0.298. The van der Waals surface area contributed by atoms with Gasteiger partial charge in [-0.2, -0.15) is 0 Å². The Kier molecular flexibility index (Phi) is 6.24. The molecule has 1 atom stereocenters.